The molecule has 0 fully saturated rings. The third-order valence-corrected chi connectivity index (χ3v) is 4.11. The second-order valence-corrected chi connectivity index (χ2v) is 5.84. The van der Waals surface area contributed by atoms with Gasteiger partial charge in [-0.2, -0.15) is 0 Å². The summed E-state index contributed by atoms with van der Waals surface area (Å²) in [5.41, 5.74) is 1.86. The number of fused-ring (bicyclic) bond motifs is 1. The number of nitrogens with zero attached hydrogens (tertiary/aromatic N) is 1. The Morgan fingerprint density at radius 3 is 2.83 bits per heavy atom. The van der Waals surface area contributed by atoms with Crippen LogP contribution >= 0.6 is 0 Å². The number of carbonyl (C=O) groups excluding carboxylic acids is 2. The van der Waals surface area contributed by atoms with Gasteiger partial charge in [-0.15, -0.1) is 0 Å². The van der Waals surface area contributed by atoms with Crippen molar-refractivity contribution in [3.05, 3.63) is 23.8 Å². The fourth-order valence-electron chi connectivity index (χ4n) is 2.42. The highest BCUT2D eigenvalue weighted by Crippen LogP contribution is 2.26. The minimum atomic E-state index is -1.02. The summed E-state index contributed by atoms with van der Waals surface area (Å²) in [5.74, 6) is -0.524. The summed E-state index contributed by atoms with van der Waals surface area (Å²) in [4.78, 5) is 35.3. The van der Waals surface area contributed by atoms with Crippen molar-refractivity contribution in [1.29, 1.82) is 0 Å². The molecule has 0 bridgehead atoms. The standard InChI is InChI=1S/C17H22N2O5/c1-11(17(22)23)19(2)16(21)4-3-9-24-13-6-7-14-12(10-13)5-8-15(20)18-14/h6-7,10-11H,3-5,8-9H2,1-2H3,(H,18,20)(H,22,23). The Balaban J connectivity index is 1.77. The van der Waals surface area contributed by atoms with Crippen LogP contribution in [0.3, 0.4) is 0 Å². The number of carboxylic acid groups (broad SMARTS) is 1. The Morgan fingerprint density at radius 2 is 2.12 bits per heavy atom. The van der Waals surface area contributed by atoms with Crippen LogP contribution in [0.4, 0.5) is 5.69 Å². The van der Waals surface area contributed by atoms with Gasteiger partial charge in [0.2, 0.25) is 11.8 Å². The maximum atomic E-state index is 11.9. The van der Waals surface area contributed by atoms with Crippen molar-refractivity contribution < 1.29 is 24.2 Å². The molecule has 1 unspecified atom stereocenters. The van der Waals surface area contributed by atoms with Crippen LogP contribution < -0.4 is 10.1 Å². The van der Waals surface area contributed by atoms with E-state index in [2.05, 4.69) is 5.32 Å². The highest BCUT2D eigenvalue weighted by Gasteiger charge is 2.21. The van der Waals surface area contributed by atoms with Gasteiger partial charge in [0.05, 0.1) is 6.61 Å². The maximum absolute atomic E-state index is 11.9. The number of hydrogen-bond acceptors (Lipinski definition) is 4. The number of aryl methyl sites for hydroxylation is 1. The molecule has 1 aliphatic heterocycles. The molecule has 1 aromatic rings. The summed E-state index contributed by atoms with van der Waals surface area (Å²) in [5, 5.41) is 11.7. The van der Waals surface area contributed by atoms with Crippen LogP contribution in [0, 0.1) is 0 Å². The molecular formula is C17H22N2O5. The maximum Gasteiger partial charge on any atom is 0.326 e. The molecule has 1 heterocycles. The number of rotatable bonds is 7. The van der Waals surface area contributed by atoms with Crippen LogP contribution in [-0.2, 0) is 20.8 Å². The number of amides is 2. The zero-order valence-electron chi connectivity index (χ0n) is 13.9. The van der Waals surface area contributed by atoms with Gasteiger partial charge >= 0.3 is 5.97 Å². The number of aliphatic carboxylic acids is 1. The first-order valence-electron chi connectivity index (χ1n) is 7.92. The van der Waals surface area contributed by atoms with Crippen LogP contribution in [0.1, 0.15) is 31.7 Å². The van der Waals surface area contributed by atoms with E-state index >= 15 is 0 Å². The highest BCUT2D eigenvalue weighted by molar-refractivity contribution is 5.94. The molecule has 0 saturated carbocycles. The van der Waals surface area contributed by atoms with Gasteiger partial charge in [0.15, 0.2) is 0 Å². The first-order chi connectivity index (χ1) is 11.4. The number of benzene rings is 1. The number of hydrogen-bond donors (Lipinski definition) is 2. The first-order valence-corrected chi connectivity index (χ1v) is 7.92. The van der Waals surface area contributed by atoms with Crippen molar-refractivity contribution in [2.45, 2.75) is 38.6 Å². The van der Waals surface area contributed by atoms with Crippen molar-refractivity contribution in [3.63, 3.8) is 0 Å². The minimum absolute atomic E-state index is 0.0226. The lowest BCUT2D eigenvalue weighted by Gasteiger charge is -2.21. The molecule has 0 saturated heterocycles. The third-order valence-electron chi connectivity index (χ3n) is 4.11. The fraction of sp³-hybridized carbons (Fsp3) is 0.471. The van der Waals surface area contributed by atoms with E-state index in [9.17, 15) is 14.4 Å². The molecule has 7 heteroatoms. The Bertz CT molecular complexity index is 644. The van der Waals surface area contributed by atoms with Crippen molar-refractivity contribution in [1.82, 2.24) is 4.90 Å². The van der Waals surface area contributed by atoms with E-state index in [-0.39, 0.29) is 18.2 Å². The predicted molar refractivity (Wildman–Crippen MR) is 88.0 cm³/mol. The second kappa shape index (κ2) is 7.81. The number of anilines is 1. The Morgan fingerprint density at radius 1 is 1.38 bits per heavy atom. The van der Waals surface area contributed by atoms with Gasteiger partial charge in [0.1, 0.15) is 11.8 Å². The molecule has 1 aliphatic rings. The van der Waals surface area contributed by atoms with Gasteiger partial charge < -0.3 is 20.1 Å². The van der Waals surface area contributed by atoms with E-state index in [1.807, 2.05) is 12.1 Å². The quantitative estimate of drug-likeness (QED) is 0.739. The van der Waals surface area contributed by atoms with E-state index in [0.717, 1.165) is 11.3 Å². The van der Waals surface area contributed by atoms with Gasteiger partial charge in [0, 0.05) is 25.6 Å². The van der Waals surface area contributed by atoms with Crippen molar-refractivity contribution in [3.8, 4) is 5.75 Å². The lowest BCUT2D eigenvalue weighted by atomic mass is 10.0. The van der Waals surface area contributed by atoms with Crippen LogP contribution in [0.2, 0.25) is 0 Å². The zero-order valence-corrected chi connectivity index (χ0v) is 13.9. The normalized spacial score (nSPS) is 14.3. The number of likely N-dealkylation sites (N-methyl/N-ethyl adjacent to an activating group) is 1. The van der Waals surface area contributed by atoms with Crippen LogP contribution in [0.25, 0.3) is 0 Å². The Labute approximate surface area is 140 Å². The number of carbonyl (C=O) groups is 3. The van der Waals surface area contributed by atoms with E-state index in [1.165, 1.54) is 18.9 Å². The predicted octanol–water partition coefficient (Wildman–Crippen LogP) is 1.66. The SMILES string of the molecule is CC(C(=O)O)N(C)C(=O)CCCOc1ccc2c(c1)CCC(=O)N2. The topological polar surface area (TPSA) is 95.9 Å². The first kappa shape index (κ1) is 17.8. The second-order valence-electron chi connectivity index (χ2n) is 5.84. The van der Waals surface area contributed by atoms with Crippen LogP contribution in [0.15, 0.2) is 18.2 Å². The molecule has 0 spiro atoms. The van der Waals surface area contributed by atoms with E-state index in [1.54, 1.807) is 6.07 Å². The molecule has 1 aromatic carbocycles. The zero-order chi connectivity index (χ0) is 17.7. The molecule has 2 N–H and O–H groups in total. The molecule has 130 valence electrons. The highest BCUT2D eigenvalue weighted by atomic mass is 16.5. The molecule has 7 nitrogen and oxygen atoms in total. The molecule has 0 aromatic heterocycles. The average molecular weight is 334 g/mol. The van der Waals surface area contributed by atoms with Crippen molar-refractivity contribution in [2.75, 3.05) is 19.0 Å². The lowest BCUT2D eigenvalue weighted by molar-refractivity contribution is -0.148. The Kier molecular flexibility index (Phi) is 5.78. The van der Waals surface area contributed by atoms with Gasteiger partial charge in [-0.25, -0.2) is 4.79 Å². The smallest absolute Gasteiger partial charge is 0.326 e. The van der Waals surface area contributed by atoms with E-state index in [4.69, 9.17) is 9.84 Å². The minimum Gasteiger partial charge on any atom is -0.494 e. The van der Waals surface area contributed by atoms with Crippen molar-refractivity contribution >= 4 is 23.5 Å². The van der Waals surface area contributed by atoms with Gasteiger partial charge in [0.25, 0.3) is 0 Å². The average Bonchev–Trinajstić information content (AvgIpc) is 2.57. The molecular weight excluding hydrogens is 312 g/mol. The summed E-state index contributed by atoms with van der Waals surface area (Å²) >= 11 is 0. The Hall–Kier alpha value is -2.57. The molecule has 1 atom stereocenters. The van der Waals surface area contributed by atoms with Gasteiger partial charge in [-0.05, 0) is 43.5 Å². The van der Waals surface area contributed by atoms with Gasteiger partial charge in [-0.3, -0.25) is 9.59 Å². The summed E-state index contributed by atoms with van der Waals surface area (Å²) < 4.78 is 5.64. The molecule has 2 rings (SSSR count). The number of nitrogens with one attached hydrogen (secondary N) is 1. The van der Waals surface area contributed by atoms with E-state index < -0.39 is 12.0 Å². The molecule has 24 heavy (non-hydrogen) atoms. The van der Waals surface area contributed by atoms with Crippen LogP contribution in [-0.4, -0.2) is 47.5 Å². The van der Waals surface area contributed by atoms with Gasteiger partial charge in [-0.1, -0.05) is 0 Å². The molecule has 2 amide bonds. The largest absolute Gasteiger partial charge is 0.494 e. The summed E-state index contributed by atoms with van der Waals surface area (Å²) in [6.07, 6.45) is 1.90. The molecule has 0 aliphatic carbocycles. The summed E-state index contributed by atoms with van der Waals surface area (Å²) in [7, 11) is 1.49. The monoisotopic (exact) mass is 334 g/mol. The fourth-order valence-corrected chi connectivity index (χ4v) is 2.42. The summed E-state index contributed by atoms with van der Waals surface area (Å²) in [6, 6.07) is 4.66. The van der Waals surface area contributed by atoms with Crippen LogP contribution in [0.5, 0.6) is 5.75 Å². The lowest BCUT2D eigenvalue weighted by Crippen LogP contribution is -2.40. The molecule has 0 radical (unpaired) electrons. The van der Waals surface area contributed by atoms with E-state index in [0.29, 0.717) is 31.6 Å². The van der Waals surface area contributed by atoms with Crippen molar-refractivity contribution in [2.24, 2.45) is 0 Å². The third kappa shape index (κ3) is 4.47. The summed E-state index contributed by atoms with van der Waals surface area (Å²) in [6.45, 7) is 1.84. The number of ether oxygens (including phenoxy) is 1. The number of carboxylic acids is 1.